The maximum atomic E-state index is 11.6. The summed E-state index contributed by atoms with van der Waals surface area (Å²) in [6.45, 7) is 1.71. The number of methoxy groups -OCH3 is 1. The van der Waals surface area contributed by atoms with Crippen molar-refractivity contribution >= 4 is 11.9 Å². The predicted molar refractivity (Wildman–Crippen MR) is 69.1 cm³/mol. The van der Waals surface area contributed by atoms with Gasteiger partial charge in [-0.3, -0.25) is 4.79 Å². The number of benzene rings is 1. The lowest BCUT2D eigenvalue weighted by Crippen LogP contribution is -2.42. The van der Waals surface area contributed by atoms with Gasteiger partial charge < -0.3 is 10.1 Å². The van der Waals surface area contributed by atoms with E-state index in [0.29, 0.717) is 18.4 Å². The Balaban J connectivity index is 2.78. The van der Waals surface area contributed by atoms with Crippen molar-refractivity contribution in [3.63, 3.8) is 0 Å². The van der Waals surface area contributed by atoms with Crippen molar-refractivity contribution in [1.82, 2.24) is 5.32 Å². The van der Waals surface area contributed by atoms with Crippen molar-refractivity contribution < 1.29 is 14.3 Å². The Morgan fingerprint density at radius 2 is 2.00 bits per heavy atom. The first kappa shape index (κ1) is 14.7. The van der Waals surface area contributed by atoms with Crippen LogP contribution in [0, 0.1) is 11.3 Å². The zero-order valence-electron chi connectivity index (χ0n) is 11.0. The van der Waals surface area contributed by atoms with E-state index >= 15 is 0 Å². The average molecular weight is 260 g/mol. The molecule has 1 rings (SSSR count). The summed E-state index contributed by atoms with van der Waals surface area (Å²) in [5, 5.41) is 11.3. The topological polar surface area (TPSA) is 79.2 Å². The predicted octanol–water partition coefficient (Wildman–Crippen LogP) is 1.17. The van der Waals surface area contributed by atoms with Crippen molar-refractivity contribution in [1.29, 1.82) is 5.26 Å². The van der Waals surface area contributed by atoms with Gasteiger partial charge in [0.05, 0.1) is 18.7 Å². The molecule has 19 heavy (non-hydrogen) atoms. The summed E-state index contributed by atoms with van der Waals surface area (Å²) in [5.41, 5.74) is 1.40. The minimum absolute atomic E-state index is 0.205. The molecule has 0 aromatic heterocycles. The van der Waals surface area contributed by atoms with E-state index in [1.54, 1.807) is 31.2 Å². The highest BCUT2D eigenvalue weighted by Gasteiger charge is 2.21. The maximum absolute atomic E-state index is 11.6. The highest BCUT2D eigenvalue weighted by molar-refractivity contribution is 5.84. The van der Waals surface area contributed by atoms with Crippen molar-refractivity contribution in [3.05, 3.63) is 35.4 Å². The lowest BCUT2D eigenvalue weighted by atomic mass is 10.0. The summed E-state index contributed by atoms with van der Waals surface area (Å²) >= 11 is 0. The number of nitrogens with zero attached hydrogens (tertiary/aromatic N) is 1. The minimum atomic E-state index is -0.703. The fourth-order valence-electron chi connectivity index (χ4n) is 1.58. The van der Waals surface area contributed by atoms with Crippen molar-refractivity contribution in [2.24, 2.45) is 0 Å². The number of carbonyl (C=O) groups is 2. The first-order chi connectivity index (χ1) is 9.10. The molecule has 0 heterocycles. The van der Waals surface area contributed by atoms with Gasteiger partial charge in [-0.1, -0.05) is 19.1 Å². The van der Waals surface area contributed by atoms with Crippen LogP contribution >= 0.6 is 0 Å². The van der Waals surface area contributed by atoms with Crippen molar-refractivity contribution in [2.75, 3.05) is 7.11 Å². The fourth-order valence-corrected chi connectivity index (χ4v) is 1.58. The van der Waals surface area contributed by atoms with Gasteiger partial charge in [0.25, 0.3) is 0 Å². The first-order valence-electron chi connectivity index (χ1n) is 5.97. The Morgan fingerprint density at radius 3 is 2.47 bits per heavy atom. The molecule has 0 saturated heterocycles. The zero-order chi connectivity index (χ0) is 14.3. The number of hydrogen-bond acceptors (Lipinski definition) is 4. The number of ether oxygens (including phenoxy) is 1. The maximum Gasteiger partial charge on any atom is 0.328 e. The largest absolute Gasteiger partial charge is 0.467 e. The number of nitrogens with one attached hydrogen (secondary N) is 1. The summed E-state index contributed by atoms with van der Waals surface area (Å²) in [6, 6.07) is 8.18. The lowest BCUT2D eigenvalue weighted by Gasteiger charge is -2.16. The fraction of sp³-hybridized carbons (Fsp3) is 0.357. The molecular formula is C14H16N2O3. The molecule has 5 nitrogen and oxygen atoms in total. The second-order valence-corrected chi connectivity index (χ2v) is 4.01. The first-order valence-corrected chi connectivity index (χ1v) is 5.97. The van der Waals surface area contributed by atoms with Crippen LogP contribution in [-0.2, 0) is 20.7 Å². The molecule has 1 atom stereocenters. The number of amides is 1. The Kier molecular flexibility index (Phi) is 5.55. The summed E-state index contributed by atoms with van der Waals surface area (Å²) in [4.78, 5) is 23.0. The summed E-state index contributed by atoms with van der Waals surface area (Å²) < 4.78 is 4.67. The van der Waals surface area contributed by atoms with Crippen LogP contribution in [0.25, 0.3) is 0 Å². The molecule has 0 saturated carbocycles. The third-order valence-electron chi connectivity index (χ3n) is 2.66. The van der Waals surface area contributed by atoms with Gasteiger partial charge in [0.15, 0.2) is 0 Å². The summed E-state index contributed by atoms with van der Waals surface area (Å²) in [5.74, 6) is -0.685. The van der Waals surface area contributed by atoms with Gasteiger partial charge >= 0.3 is 5.97 Å². The SMILES string of the molecule is CCC(=O)NC(Cc1ccc(C#N)cc1)C(=O)OC. The Morgan fingerprint density at radius 1 is 1.37 bits per heavy atom. The van der Waals surface area contributed by atoms with Gasteiger partial charge in [-0.05, 0) is 17.7 Å². The Labute approximate surface area is 112 Å². The average Bonchev–Trinajstić information content (AvgIpc) is 2.46. The summed E-state index contributed by atoms with van der Waals surface area (Å²) in [7, 11) is 1.28. The Bertz CT molecular complexity index is 488. The van der Waals surface area contributed by atoms with Crippen LogP contribution in [0.3, 0.4) is 0 Å². The van der Waals surface area contributed by atoms with E-state index in [-0.39, 0.29) is 5.91 Å². The van der Waals surface area contributed by atoms with E-state index in [1.807, 2.05) is 6.07 Å². The number of carbonyl (C=O) groups excluding carboxylic acids is 2. The van der Waals surface area contributed by atoms with E-state index in [2.05, 4.69) is 10.1 Å². The quantitative estimate of drug-likeness (QED) is 0.806. The highest BCUT2D eigenvalue weighted by Crippen LogP contribution is 2.07. The lowest BCUT2D eigenvalue weighted by molar-refractivity contribution is -0.145. The zero-order valence-corrected chi connectivity index (χ0v) is 11.0. The van der Waals surface area contributed by atoms with Gasteiger partial charge in [0.1, 0.15) is 6.04 Å². The van der Waals surface area contributed by atoms with Gasteiger partial charge in [-0.25, -0.2) is 4.79 Å². The number of esters is 1. The standard InChI is InChI=1S/C14H16N2O3/c1-3-13(17)16-12(14(18)19-2)8-10-4-6-11(9-15)7-5-10/h4-7,12H,3,8H2,1-2H3,(H,16,17). The third-order valence-corrected chi connectivity index (χ3v) is 2.66. The minimum Gasteiger partial charge on any atom is -0.467 e. The monoisotopic (exact) mass is 260 g/mol. The number of hydrogen-bond donors (Lipinski definition) is 1. The molecule has 0 bridgehead atoms. The number of rotatable bonds is 5. The molecule has 0 aliphatic carbocycles. The van der Waals surface area contributed by atoms with E-state index < -0.39 is 12.0 Å². The van der Waals surface area contributed by atoms with Crippen LogP contribution in [0.4, 0.5) is 0 Å². The van der Waals surface area contributed by atoms with Crippen molar-refractivity contribution in [3.8, 4) is 6.07 Å². The second-order valence-electron chi connectivity index (χ2n) is 4.01. The number of nitriles is 1. The Hall–Kier alpha value is -2.35. The van der Waals surface area contributed by atoms with Gasteiger partial charge in [-0.15, -0.1) is 0 Å². The molecule has 0 aliphatic heterocycles. The van der Waals surface area contributed by atoms with Gasteiger partial charge in [-0.2, -0.15) is 5.26 Å². The molecule has 1 N–H and O–H groups in total. The molecule has 0 spiro atoms. The van der Waals surface area contributed by atoms with E-state index in [0.717, 1.165) is 5.56 Å². The molecule has 1 aromatic carbocycles. The molecule has 0 aliphatic rings. The van der Waals surface area contributed by atoms with E-state index in [4.69, 9.17) is 5.26 Å². The van der Waals surface area contributed by atoms with Crippen LogP contribution in [0.15, 0.2) is 24.3 Å². The van der Waals surface area contributed by atoms with E-state index in [9.17, 15) is 9.59 Å². The van der Waals surface area contributed by atoms with Gasteiger partial charge in [0, 0.05) is 12.8 Å². The van der Waals surface area contributed by atoms with Crippen LogP contribution in [0.2, 0.25) is 0 Å². The summed E-state index contributed by atoms with van der Waals surface area (Å²) in [6.07, 6.45) is 0.644. The molecule has 0 radical (unpaired) electrons. The van der Waals surface area contributed by atoms with Crippen LogP contribution in [0.1, 0.15) is 24.5 Å². The smallest absolute Gasteiger partial charge is 0.328 e. The van der Waals surface area contributed by atoms with Gasteiger partial charge in [0.2, 0.25) is 5.91 Å². The van der Waals surface area contributed by atoms with Crippen LogP contribution in [-0.4, -0.2) is 25.0 Å². The third kappa shape index (κ3) is 4.43. The molecule has 1 aromatic rings. The molecule has 5 heteroatoms. The second kappa shape index (κ2) is 7.17. The molecule has 1 unspecified atom stereocenters. The normalized spacial score (nSPS) is 11.2. The van der Waals surface area contributed by atoms with Crippen LogP contribution < -0.4 is 5.32 Å². The molecule has 1 amide bonds. The highest BCUT2D eigenvalue weighted by atomic mass is 16.5. The molecular weight excluding hydrogens is 244 g/mol. The van der Waals surface area contributed by atoms with Crippen LogP contribution in [0.5, 0.6) is 0 Å². The van der Waals surface area contributed by atoms with E-state index in [1.165, 1.54) is 7.11 Å². The van der Waals surface area contributed by atoms with Crippen molar-refractivity contribution in [2.45, 2.75) is 25.8 Å². The molecule has 100 valence electrons. The molecule has 0 fully saturated rings.